The van der Waals surface area contributed by atoms with Crippen molar-refractivity contribution in [2.24, 2.45) is 0 Å². The van der Waals surface area contributed by atoms with E-state index in [4.69, 9.17) is 0 Å². The van der Waals surface area contributed by atoms with E-state index in [0.717, 1.165) is 17.0 Å². The standard InChI is InChI=1S/C11H27P/c1-8-12(9(2)3,10(4)5)11(6)7/h9-12H,8H2,1-7H3. The average Bonchev–Trinajstić information content (AvgIpc) is 1.86. The summed E-state index contributed by atoms with van der Waals surface area (Å²) in [5.41, 5.74) is 2.80. The molecule has 0 rings (SSSR count). The fourth-order valence-electron chi connectivity index (χ4n) is 3.22. The van der Waals surface area contributed by atoms with Crippen molar-refractivity contribution in [1.29, 1.82) is 0 Å². The number of rotatable bonds is 4. The molecule has 0 aromatic carbocycles. The fraction of sp³-hybridized carbons (Fsp3) is 1.00. The summed E-state index contributed by atoms with van der Waals surface area (Å²) in [7, 11) is -1.00. The Balaban J connectivity index is 4.77. The van der Waals surface area contributed by atoms with E-state index in [-0.39, 0.29) is 0 Å². The van der Waals surface area contributed by atoms with Gasteiger partial charge in [-0.05, 0) is 0 Å². The van der Waals surface area contributed by atoms with Crippen LogP contribution >= 0.6 is 7.26 Å². The molecule has 0 N–H and O–H groups in total. The second-order valence-corrected chi connectivity index (χ2v) is 11.3. The summed E-state index contributed by atoms with van der Waals surface area (Å²) in [6, 6.07) is 0. The Bertz CT molecular complexity index is 103. The molecule has 0 aliphatic heterocycles. The zero-order valence-electron chi connectivity index (χ0n) is 9.94. The van der Waals surface area contributed by atoms with Crippen LogP contribution in [0.3, 0.4) is 0 Å². The molecule has 0 aromatic heterocycles. The Morgan fingerprint density at radius 2 is 1.00 bits per heavy atom. The van der Waals surface area contributed by atoms with Crippen molar-refractivity contribution in [3.8, 4) is 0 Å². The molecule has 0 heterocycles. The van der Waals surface area contributed by atoms with E-state index in [0.29, 0.717) is 0 Å². The van der Waals surface area contributed by atoms with Gasteiger partial charge in [-0.15, -0.1) is 0 Å². The molecule has 0 aromatic rings. The Kier molecular flexibility index (Phi) is 4.77. The Morgan fingerprint density at radius 3 is 1.00 bits per heavy atom. The molecule has 12 heavy (non-hydrogen) atoms. The van der Waals surface area contributed by atoms with Crippen LogP contribution in [-0.4, -0.2) is 23.1 Å². The molecule has 0 saturated heterocycles. The molecule has 0 nitrogen and oxygen atoms in total. The molecule has 0 spiro atoms. The maximum atomic E-state index is 2.43. The first kappa shape index (κ1) is 12.4. The maximum absolute atomic E-state index is 2.43. The van der Waals surface area contributed by atoms with Crippen molar-refractivity contribution in [1.82, 2.24) is 0 Å². The van der Waals surface area contributed by atoms with E-state index in [2.05, 4.69) is 48.5 Å². The topological polar surface area (TPSA) is 0 Å². The molecule has 0 amide bonds. The van der Waals surface area contributed by atoms with Crippen molar-refractivity contribution in [3.05, 3.63) is 0 Å². The molecule has 0 aliphatic rings. The second kappa shape index (κ2) is 4.61. The van der Waals surface area contributed by atoms with Crippen molar-refractivity contribution >= 4 is 7.26 Å². The van der Waals surface area contributed by atoms with Crippen LogP contribution in [-0.2, 0) is 0 Å². The minimum absolute atomic E-state index is 0.933. The molecule has 76 valence electrons. The second-order valence-electron chi connectivity index (χ2n) is 4.93. The zero-order chi connectivity index (χ0) is 9.94. The van der Waals surface area contributed by atoms with Crippen LogP contribution in [0.2, 0.25) is 0 Å². The van der Waals surface area contributed by atoms with Crippen molar-refractivity contribution in [2.75, 3.05) is 6.16 Å². The molecule has 1 heteroatoms. The summed E-state index contributed by atoms with van der Waals surface area (Å²) in [4.78, 5) is 0. The zero-order valence-corrected chi connectivity index (χ0v) is 10.9. The van der Waals surface area contributed by atoms with Crippen molar-refractivity contribution in [3.63, 3.8) is 0 Å². The van der Waals surface area contributed by atoms with E-state index in [9.17, 15) is 0 Å². The minimum atomic E-state index is -1.00. The van der Waals surface area contributed by atoms with Crippen molar-refractivity contribution in [2.45, 2.75) is 65.4 Å². The molecular weight excluding hydrogens is 163 g/mol. The molecule has 0 fully saturated rings. The monoisotopic (exact) mass is 190 g/mol. The van der Waals surface area contributed by atoms with E-state index in [1.165, 1.54) is 6.16 Å². The first-order valence-corrected chi connectivity index (χ1v) is 7.83. The predicted octanol–water partition coefficient (Wildman–Crippen LogP) is 3.98. The Labute approximate surface area is 79.5 Å². The third-order valence-corrected chi connectivity index (χ3v) is 11.5. The summed E-state index contributed by atoms with van der Waals surface area (Å²) in [6.07, 6.45) is 1.44. The predicted molar refractivity (Wildman–Crippen MR) is 64.3 cm³/mol. The van der Waals surface area contributed by atoms with Gasteiger partial charge in [0.25, 0.3) is 0 Å². The first-order chi connectivity index (χ1) is 5.39. The Morgan fingerprint density at radius 1 is 0.750 bits per heavy atom. The van der Waals surface area contributed by atoms with Crippen LogP contribution in [0.1, 0.15) is 48.5 Å². The van der Waals surface area contributed by atoms with Crippen LogP contribution in [0.4, 0.5) is 0 Å². The third-order valence-electron chi connectivity index (χ3n) is 3.84. The van der Waals surface area contributed by atoms with Gasteiger partial charge in [0.1, 0.15) is 0 Å². The van der Waals surface area contributed by atoms with E-state index in [1.54, 1.807) is 0 Å². The van der Waals surface area contributed by atoms with Gasteiger partial charge in [-0.2, -0.15) is 0 Å². The Hall–Kier alpha value is 0.430. The summed E-state index contributed by atoms with van der Waals surface area (Å²) < 4.78 is 0. The van der Waals surface area contributed by atoms with Crippen LogP contribution < -0.4 is 0 Å². The van der Waals surface area contributed by atoms with Crippen LogP contribution in [0.5, 0.6) is 0 Å². The van der Waals surface area contributed by atoms with Gasteiger partial charge in [-0.1, -0.05) is 0 Å². The van der Waals surface area contributed by atoms with Gasteiger partial charge in [0.15, 0.2) is 0 Å². The van der Waals surface area contributed by atoms with Gasteiger partial charge in [0.2, 0.25) is 0 Å². The van der Waals surface area contributed by atoms with Crippen LogP contribution in [0, 0.1) is 0 Å². The molecule has 0 radical (unpaired) electrons. The fourth-order valence-corrected chi connectivity index (χ4v) is 9.67. The molecule has 0 saturated carbocycles. The first-order valence-electron chi connectivity index (χ1n) is 5.39. The normalized spacial score (nSPS) is 14.8. The summed E-state index contributed by atoms with van der Waals surface area (Å²) in [5.74, 6) is 0. The van der Waals surface area contributed by atoms with Crippen molar-refractivity contribution < 1.29 is 0 Å². The molecule has 0 atom stereocenters. The van der Waals surface area contributed by atoms with Gasteiger partial charge < -0.3 is 0 Å². The average molecular weight is 190 g/mol. The van der Waals surface area contributed by atoms with E-state index in [1.807, 2.05) is 0 Å². The molecule has 0 unspecified atom stereocenters. The van der Waals surface area contributed by atoms with Gasteiger partial charge in [0, 0.05) is 0 Å². The third kappa shape index (κ3) is 2.02. The quantitative estimate of drug-likeness (QED) is 0.588. The number of hydrogen-bond acceptors (Lipinski definition) is 0. The number of hydrogen-bond donors (Lipinski definition) is 0. The molecule has 0 bridgehead atoms. The van der Waals surface area contributed by atoms with Gasteiger partial charge in [-0.3, -0.25) is 0 Å². The van der Waals surface area contributed by atoms with E-state index < -0.39 is 7.26 Å². The van der Waals surface area contributed by atoms with E-state index >= 15 is 0 Å². The van der Waals surface area contributed by atoms with Gasteiger partial charge in [0.05, 0.1) is 0 Å². The van der Waals surface area contributed by atoms with Crippen LogP contribution in [0.25, 0.3) is 0 Å². The van der Waals surface area contributed by atoms with Gasteiger partial charge in [-0.25, -0.2) is 0 Å². The van der Waals surface area contributed by atoms with Gasteiger partial charge >= 0.3 is 78.9 Å². The summed E-state index contributed by atoms with van der Waals surface area (Å²) in [6.45, 7) is 17.0. The van der Waals surface area contributed by atoms with Crippen LogP contribution in [0.15, 0.2) is 0 Å². The summed E-state index contributed by atoms with van der Waals surface area (Å²) >= 11 is 0. The molecular formula is C11H27P. The SMILES string of the molecule is CC[PH](C(C)C)(C(C)C)C(C)C. The summed E-state index contributed by atoms with van der Waals surface area (Å²) in [5, 5.41) is 0. The molecule has 0 aliphatic carbocycles.